The van der Waals surface area contributed by atoms with Gasteiger partial charge < -0.3 is 19.9 Å². The first-order valence-electron chi connectivity index (χ1n) is 4.99. The van der Waals surface area contributed by atoms with Crippen molar-refractivity contribution in [1.29, 1.82) is 0 Å². The molecule has 1 rings (SSSR count). The molecule has 0 aromatic carbocycles. The van der Waals surface area contributed by atoms with E-state index in [2.05, 4.69) is 15.3 Å². The first-order valence-corrected chi connectivity index (χ1v) is 4.99. The van der Waals surface area contributed by atoms with Crippen LogP contribution < -0.4 is 14.8 Å². The summed E-state index contributed by atoms with van der Waals surface area (Å²) < 4.78 is 10.2. The third-order valence-electron chi connectivity index (χ3n) is 2.15. The van der Waals surface area contributed by atoms with Gasteiger partial charge in [-0.25, -0.2) is 9.97 Å². The predicted octanol–water partition coefficient (Wildman–Crippen LogP) is -0.0358. The Morgan fingerprint density at radius 1 is 1.31 bits per heavy atom. The van der Waals surface area contributed by atoms with Crippen LogP contribution in [0.4, 0.5) is 0 Å². The highest BCUT2D eigenvalue weighted by molar-refractivity contribution is 5.34. The molecule has 0 radical (unpaired) electrons. The first-order chi connectivity index (χ1) is 7.72. The van der Waals surface area contributed by atoms with Crippen LogP contribution >= 0.6 is 0 Å². The van der Waals surface area contributed by atoms with Gasteiger partial charge in [0.25, 0.3) is 0 Å². The quantitative estimate of drug-likeness (QED) is 0.710. The van der Waals surface area contributed by atoms with E-state index >= 15 is 0 Å². The molecule has 6 heteroatoms. The van der Waals surface area contributed by atoms with E-state index in [1.54, 1.807) is 14.2 Å². The number of hydrogen-bond donors (Lipinski definition) is 2. The molecule has 90 valence electrons. The Balaban J connectivity index is 2.82. The summed E-state index contributed by atoms with van der Waals surface area (Å²) in [6.07, 6.45) is 1.39. The third-order valence-corrected chi connectivity index (χ3v) is 2.15. The van der Waals surface area contributed by atoms with Crippen LogP contribution in [0.25, 0.3) is 0 Å². The standard InChI is InChI=1S/C10H17N3O3/c1-7(5-14)11-4-8-9(15-2)12-6-13-10(8)16-3/h6-7,11,14H,4-5H2,1-3H3/t7-/m1/s1. The maximum absolute atomic E-state index is 8.91. The van der Waals surface area contributed by atoms with Crippen LogP contribution in [0.3, 0.4) is 0 Å². The van der Waals surface area contributed by atoms with Gasteiger partial charge in [-0.2, -0.15) is 0 Å². The number of hydrogen-bond acceptors (Lipinski definition) is 6. The maximum atomic E-state index is 8.91. The molecule has 0 unspecified atom stereocenters. The number of nitrogens with zero attached hydrogens (tertiary/aromatic N) is 2. The zero-order valence-electron chi connectivity index (χ0n) is 9.73. The van der Waals surface area contributed by atoms with Crippen molar-refractivity contribution in [3.8, 4) is 11.8 Å². The lowest BCUT2D eigenvalue weighted by atomic mass is 10.2. The van der Waals surface area contributed by atoms with Crippen LogP contribution in [0.5, 0.6) is 11.8 Å². The molecule has 0 saturated heterocycles. The van der Waals surface area contributed by atoms with E-state index in [-0.39, 0.29) is 12.6 Å². The van der Waals surface area contributed by atoms with Crippen molar-refractivity contribution in [1.82, 2.24) is 15.3 Å². The first kappa shape index (κ1) is 12.7. The van der Waals surface area contributed by atoms with E-state index < -0.39 is 0 Å². The molecular formula is C10H17N3O3. The second-order valence-electron chi connectivity index (χ2n) is 3.34. The Kier molecular flexibility index (Phi) is 4.94. The predicted molar refractivity (Wildman–Crippen MR) is 58.5 cm³/mol. The SMILES string of the molecule is COc1ncnc(OC)c1CN[C@H](C)CO. The van der Waals surface area contributed by atoms with E-state index in [9.17, 15) is 0 Å². The van der Waals surface area contributed by atoms with Gasteiger partial charge in [-0.15, -0.1) is 0 Å². The van der Waals surface area contributed by atoms with Gasteiger partial charge in [0.1, 0.15) is 6.33 Å². The molecule has 1 aromatic rings. The van der Waals surface area contributed by atoms with Crippen molar-refractivity contribution < 1.29 is 14.6 Å². The molecule has 6 nitrogen and oxygen atoms in total. The van der Waals surface area contributed by atoms with Crippen LogP contribution in [0.1, 0.15) is 12.5 Å². The van der Waals surface area contributed by atoms with Gasteiger partial charge in [0, 0.05) is 12.6 Å². The van der Waals surface area contributed by atoms with E-state index in [1.165, 1.54) is 6.33 Å². The number of aromatic nitrogens is 2. The number of aliphatic hydroxyl groups is 1. The van der Waals surface area contributed by atoms with Gasteiger partial charge in [0.15, 0.2) is 0 Å². The molecule has 1 atom stereocenters. The molecule has 0 aliphatic carbocycles. The number of methoxy groups -OCH3 is 2. The van der Waals surface area contributed by atoms with Crippen LogP contribution in [0, 0.1) is 0 Å². The minimum atomic E-state index is -0.00498. The fraction of sp³-hybridized carbons (Fsp3) is 0.600. The summed E-state index contributed by atoms with van der Waals surface area (Å²) in [4.78, 5) is 7.99. The molecule has 0 aliphatic rings. The maximum Gasteiger partial charge on any atom is 0.224 e. The molecule has 0 spiro atoms. The topological polar surface area (TPSA) is 76.5 Å². The average molecular weight is 227 g/mol. The summed E-state index contributed by atoms with van der Waals surface area (Å²) in [5, 5.41) is 12.0. The van der Waals surface area contributed by atoms with Gasteiger partial charge >= 0.3 is 0 Å². The van der Waals surface area contributed by atoms with Gasteiger partial charge in [0.05, 0.1) is 26.4 Å². The Morgan fingerprint density at radius 2 is 1.88 bits per heavy atom. The van der Waals surface area contributed by atoms with Crippen molar-refractivity contribution in [3.63, 3.8) is 0 Å². The van der Waals surface area contributed by atoms with Crippen LogP contribution in [0.2, 0.25) is 0 Å². The zero-order valence-corrected chi connectivity index (χ0v) is 9.73. The van der Waals surface area contributed by atoms with E-state index in [1.807, 2.05) is 6.92 Å². The lowest BCUT2D eigenvalue weighted by molar-refractivity contribution is 0.249. The number of aliphatic hydroxyl groups excluding tert-OH is 1. The van der Waals surface area contributed by atoms with Crippen LogP contribution in [-0.4, -0.2) is 41.9 Å². The van der Waals surface area contributed by atoms with Crippen molar-refractivity contribution in [2.75, 3.05) is 20.8 Å². The fourth-order valence-corrected chi connectivity index (χ4v) is 1.22. The van der Waals surface area contributed by atoms with Crippen LogP contribution in [0.15, 0.2) is 6.33 Å². The molecular weight excluding hydrogens is 210 g/mol. The van der Waals surface area contributed by atoms with Crippen molar-refractivity contribution in [2.24, 2.45) is 0 Å². The fourth-order valence-electron chi connectivity index (χ4n) is 1.22. The summed E-state index contributed by atoms with van der Waals surface area (Å²) in [6, 6.07) is -0.00498. The van der Waals surface area contributed by atoms with Gasteiger partial charge in [0.2, 0.25) is 11.8 Å². The summed E-state index contributed by atoms with van der Waals surface area (Å²) in [7, 11) is 3.08. The van der Waals surface area contributed by atoms with E-state index in [0.717, 1.165) is 5.56 Å². The van der Waals surface area contributed by atoms with Crippen LogP contribution in [-0.2, 0) is 6.54 Å². The minimum Gasteiger partial charge on any atom is -0.481 e. The molecule has 16 heavy (non-hydrogen) atoms. The number of rotatable bonds is 6. The van der Waals surface area contributed by atoms with Crippen molar-refractivity contribution in [2.45, 2.75) is 19.5 Å². The summed E-state index contributed by atoms with van der Waals surface area (Å²) >= 11 is 0. The number of ether oxygens (including phenoxy) is 2. The Bertz CT molecular complexity index is 311. The lowest BCUT2D eigenvalue weighted by Crippen LogP contribution is -2.29. The molecule has 0 aliphatic heterocycles. The summed E-state index contributed by atoms with van der Waals surface area (Å²) in [5.74, 6) is 0.953. The monoisotopic (exact) mass is 227 g/mol. The Labute approximate surface area is 94.6 Å². The molecule has 1 heterocycles. The molecule has 0 bridgehead atoms. The smallest absolute Gasteiger partial charge is 0.224 e. The van der Waals surface area contributed by atoms with Gasteiger partial charge in [-0.1, -0.05) is 0 Å². The zero-order chi connectivity index (χ0) is 12.0. The highest BCUT2D eigenvalue weighted by Crippen LogP contribution is 2.22. The number of nitrogens with one attached hydrogen (secondary N) is 1. The van der Waals surface area contributed by atoms with Crippen molar-refractivity contribution >= 4 is 0 Å². The highest BCUT2D eigenvalue weighted by Gasteiger charge is 2.13. The average Bonchev–Trinajstić information content (AvgIpc) is 2.35. The van der Waals surface area contributed by atoms with Gasteiger partial charge in [-0.05, 0) is 6.92 Å². The normalized spacial score (nSPS) is 12.2. The lowest BCUT2D eigenvalue weighted by Gasteiger charge is -2.14. The minimum absolute atomic E-state index is 0.00498. The third kappa shape index (κ3) is 3.04. The molecule has 2 N–H and O–H groups in total. The largest absolute Gasteiger partial charge is 0.481 e. The van der Waals surface area contributed by atoms with E-state index in [0.29, 0.717) is 18.3 Å². The second-order valence-corrected chi connectivity index (χ2v) is 3.34. The van der Waals surface area contributed by atoms with Gasteiger partial charge in [-0.3, -0.25) is 0 Å². The second kappa shape index (κ2) is 6.24. The molecule has 1 aromatic heterocycles. The van der Waals surface area contributed by atoms with E-state index in [4.69, 9.17) is 14.6 Å². The highest BCUT2D eigenvalue weighted by atomic mass is 16.5. The molecule has 0 amide bonds. The summed E-state index contributed by atoms with van der Waals surface area (Å²) in [6.45, 7) is 2.43. The molecule has 0 fully saturated rings. The van der Waals surface area contributed by atoms with Crippen molar-refractivity contribution in [3.05, 3.63) is 11.9 Å². The molecule has 0 saturated carbocycles. The Hall–Kier alpha value is -1.40. The summed E-state index contributed by atoms with van der Waals surface area (Å²) in [5.41, 5.74) is 0.743. The Morgan fingerprint density at radius 3 is 2.31 bits per heavy atom.